The zero-order valence-corrected chi connectivity index (χ0v) is 11.7. The van der Waals surface area contributed by atoms with Gasteiger partial charge in [0.25, 0.3) is 0 Å². The molecule has 2 heteroatoms. The first-order valence-electron chi connectivity index (χ1n) is 6.54. The Kier molecular flexibility index (Phi) is 4.23. The Bertz CT molecular complexity index is 559. The molecule has 0 aliphatic carbocycles. The highest BCUT2D eigenvalue weighted by Crippen LogP contribution is 2.35. The lowest BCUT2D eigenvalue weighted by Crippen LogP contribution is -1.96. The van der Waals surface area contributed by atoms with Crippen molar-refractivity contribution in [2.75, 3.05) is 7.11 Å². The molecule has 0 bridgehead atoms. The van der Waals surface area contributed by atoms with Crippen molar-refractivity contribution in [2.24, 2.45) is 0 Å². The van der Waals surface area contributed by atoms with Crippen LogP contribution in [0.15, 0.2) is 42.5 Å². The minimum Gasteiger partial charge on any atom is -0.496 e. The highest BCUT2D eigenvalue weighted by Gasteiger charge is 2.12. The number of aliphatic hydroxyl groups excluding tert-OH is 1. The van der Waals surface area contributed by atoms with Crippen molar-refractivity contribution in [3.8, 4) is 16.9 Å². The minimum atomic E-state index is 0.0302. The van der Waals surface area contributed by atoms with E-state index in [1.807, 2.05) is 24.3 Å². The second kappa shape index (κ2) is 5.89. The van der Waals surface area contributed by atoms with Crippen molar-refractivity contribution in [3.63, 3.8) is 0 Å². The standard InChI is InChI=1S/C17H20O2/c1-12(2)14-6-4-5-7-15(14)16-9-8-13(11-18)10-17(16)19-3/h4-10,12,18H,11H2,1-3H3. The lowest BCUT2D eigenvalue weighted by Gasteiger charge is -2.16. The van der Waals surface area contributed by atoms with E-state index >= 15 is 0 Å². The Morgan fingerprint density at radius 1 is 1.05 bits per heavy atom. The maximum atomic E-state index is 9.21. The SMILES string of the molecule is COc1cc(CO)ccc1-c1ccccc1C(C)C. The molecule has 0 saturated carbocycles. The van der Waals surface area contributed by atoms with Crippen LogP contribution in [0.2, 0.25) is 0 Å². The summed E-state index contributed by atoms with van der Waals surface area (Å²) in [6.45, 7) is 4.41. The third-order valence-electron chi connectivity index (χ3n) is 3.32. The Morgan fingerprint density at radius 2 is 1.79 bits per heavy atom. The van der Waals surface area contributed by atoms with Crippen molar-refractivity contribution in [2.45, 2.75) is 26.4 Å². The maximum Gasteiger partial charge on any atom is 0.127 e. The van der Waals surface area contributed by atoms with E-state index in [4.69, 9.17) is 4.74 Å². The fraction of sp³-hybridized carbons (Fsp3) is 0.294. The molecular weight excluding hydrogens is 236 g/mol. The number of ether oxygens (including phenoxy) is 1. The number of hydrogen-bond donors (Lipinski definition) is 1. The van der Waals surface area contributed by atoms with Crippen LogP contribution in [0, 0.1) is 0 Å². The van der Waals surface area contributed by atoms with Crippen molar-refractivity contribution >= 4 is 0 Å². The Hall–Kier alpha value is -1.80. The normalized spacial score (nSPS) is 10.8. The van der Waals surface area contributed by atoms with Crippen molar-refractivity contribution in [3.05, 3.63) is 53.6 Å². The van der Waals surface area contributed by atoms with Gasteiger partial charge in [0, 0.05) is 5.56 Å². The first kappa shape index (κ1) is 13.6. The van der Waals surface area contributed by atoms with Gasteiger partial charge in [-0.1, -0.05) is 50.2 Å². The lowest BCUT2D eigenvalue weighted by molar-refractivity contribution is 0.281. The zero-order chi connectivity index (χ0) is 13.8. The molecule has 2 nitrogen and oxygen atoms in total. The molecule has 0 saturated heterocycles. The van der Waals surface area contributed by atoms with Crippen LogP contribution >= 0.6 is 0 Å². The van der Waals surface area contributed by atoms with Gasteiger partial charge in [0.15, 0.2) is 0 Å². The second-order valence-corrected chi connectivity index (χ2v) is 4.93. The van der Waals surface area contributed by atoms with Gasteiger partial charge < -0.3 is 9.84 Å². The molecule has 2 aromatic carbocycles. The average Bonchev–Trinajstić information content (AvgIpc) is 2.46. The summed E-state index contributed by atoms with van der Waals surface area (Å²) in [4.78, 5) is 0. The predicted molar refractivity (Wildman–Crippen MR) is 78.4 cm³/mol. The summed E-state index contributed by atoms with van der Waals surface area (Å²) in [5.41, 5.74) is 4.43. The summed E-state index contributed by atoms with van der Waals surface area (Å²) in [6, 6.07) is 14.2. The summed E-state index contributed by atoms with van der Waals surface area (Å²) in [5.74, 6) is 1.26. The molecular formula is C17H20O2. The molecule has 2 rings (SSSR count). The van der Waals surface area contributed by atoms with E-state index in [1.165, 1.54) is 11.1 Å². The second-order valence-electron chi connectivity index (χ2n) is 4.93. The summed E-state index contributed by atoms with van der Waals surface area (Å²) in [6.07, 6.45) is 0. The van der Waals surface area contributed by atoms with Gasteiger partial charge in [-0.05, 0) is 28.7 Å². The van der Waals surface area contributed by atoms with Gasteiger partial charge in [-0.2, -0.15) is 0 Å². The minimum absolute atomic E-state index is 0.0302. The van der Waals surface area contributed by atoms with Crippen LogP contribution < -0.4 is 4.74 Å². The molecule has 0 aliphatic rings. The Balaban J connectivity index is 2.58. The van der Waals surface area contributed by atoms with Crippen LogP contribution in [0.3, 0.4) is 0 Å². The highest BCUT2D eigenvalue weighted by molar-refractivity contribution is 5.74. The maximum absolute atomic E-state index is 9.21. The van der Waals surface area contributed by atoms with Gasteiger partial charge >= 0.3 is 0 Å². The lowest BCUT2D eigenvalue weighted by atomic mass is 9.92. The number of hydrogen-bond acceptors (Lipinski definition) is 2. The molecule has 0 spiro atoms. The summed E-state index contributed by atoms with van der Waals surface area (Å²) >= 11 is 0. The average molecular weight is 256 g/mol. The van der Waals surface area contributed by atoms with Gasteiger partial charge in [-0.15, -0.1) is 0 Å². The quantitative estimate of drug-likeness (QED) is 0.896. The number of methoxy groups -OCH3 is 1. The van der Waals surface area contributed by atoms with Gasteiger partial charge in [0.1, 0.15) is 5.75 Å². The molecule has 19 heavy (non-hydrogen) atoms. The molecule has 0 unspecified atom stereocenters. The van der Waals surface area contributed by atoms with Crippen LogP contribution in [0.1, 0.15) is 30.9 Å². The first-order valence-corrected chi connectivity index (χ1v) is 6.54. The Labute approximate surface area is 114 Å². The third-order valence-corrected chi connectivity index (χ3v) is 3.32. The molecule has 100 valence electrons. The Morgan fingerprint density at radius 3 is 2.42 bits per heavy atom. The molecule has 0 amide bonds. The molecule has 1 N–H and O–H groups in total. The van der Waals surface area contributed by atoms with Crippen LogP contribution in [0.4, 0.5) is 0 Å². The number of rotatable bonds is 4. The van der Waals surface area contributed by atoms with Crippen LogP contribution in [0.5, 0.6) is 5.75 Å². The number of benzene rings is 2. The van der Waals surface area contributed by atoms with E-state index < -0.39 is 0 Å². The molecule has 0 aliphatic heterocycles. The fourth-order valence-corrected chi connectivity index (χ4v) is 2.30. The monoisotopic (exact) mass is 256 g/mol. The van der Waals surface area contributed by atoms with Crippen molar-refractivity contribution in [1.82, 2.24) is 0 Å². The van der Waals surface area contributed by atoms with E-state index in [-0.39, 0.29) is 6.61 Å². The molecule has 0 radical (unpaired) electrons. The molecule has 0 aromatic heterocycles. The summed E-state index contributed by atoms with van der Waals surface area (Å²) in [5, 5.41) is 9.21. The van der Waals surface area contributed by atoms with Crippen molar-refractivity contribution in [1.29, 1.82) is 0 Å². The number of aliphatic hydroxyl groups is 1. The van der Waals surface area contributed by atoms with Gasteiger partial charge in [0.2, 0.25) is 0 Å². The predicted octanol–water partition coefficient (Wildman–Crippen LogP) is 3.98. The topological polar surface area (TPSA) is 29.5 Å². The van der Waals surface area contributed by atoms with E-state index in [0.717, 1.165) is 16.9 Å². The van der Waals surface area contributed by atoms with Gasteiger partial charge in [-0.25, -0.2) is 0 Å². The van der Waals surface area contributed by atoms with E-state index in [9.17, 15) is 5.11 Å². The van der Waals surface area contributed by atoms with Crippen molar-refractivity contribution < 1.29 is 9.84 Å². The first-order chi connectivity index (χ1) is 9.17. The van der Waals surface area contributed by atoms with Crippen LogP contribution in [0.25, 0.3) is 11.1 Å². The van der Waals surface area contributed by atoms with Gasteiger partial charge in [-0.3, -0.25) is 0 Å². The molecule has 0 heterocycles. The smallest absolute Gasteiger partial charge is 0.127 e. The van der Waals surface area contributed by atoms with E-state index in [0.29, 0.717) is 5.92 Å². The third kappa shape index (κ3) is 2.79. The summed E-state index contributed by atoms with van der Waals surface area (Å²) in [7, 11) is 1.66. The van der Waals surface area contributed by atoms with Crippen LogP contribution in [-0.2, 0) is 6.61 Å². The van der Waals surface area contributed by atoms with E-state index in [1.54, 1.807) is 7.11 Å². The molecule has 0 fully saturated rings. The zero-order valence-electron chi connectivity index (χ0n) is 11.7. The van der Waals surface area contributed by atoms with Crippen LogP contribution in [-0.4, -0.2) is 12.2 Å². The molecule has 2 aromatic rings. The fourth-order valence-electron chi connectivity index (χ4n) is 2.30. The summed E-state index contributed by atoms with van der Waals surface area (Å²) < 4.78 is 5.47. The molecule has 0 atom stereocenters. The van der Waals surface area contributed by atoms with Gasteiger partial charge in [0.05, 0.1) is 13.7 Å². The highest BCUT2D eigenvalue weighted by atomic mass is 16.5. The largest absolute Gasteiger partial charge is 0.496 e. The van der Waals surface area contributed by atoms with E-state index in [2.05, 4.69) is 32.0 Å².